The fraction of sp³-hybridized carbons (Fsp3) is 0.125. The molecule has 0 aliphatic rings. The second kappa shape index (κ2) is 8.55. The second-order valence-corrected chi connectivity index (χ2v) is 6.59. The highest BCUT2D eigenvalue weighted by Gasteiger charge is 2.09. The molecule has 0 saturated carbocycles. The van der Waals surface area contributed by atoms with Crippen LogP contribution in [0, 0.1) is 3.57 Å². The molecule has 0 aromatic heterocycles. The van der Waals surface area contributed by atoms with Crippen molar-refractivity contribution >= 4 is 57.9 Å². The Bertz CT molecular complexity index is 797. The maximum absolute atomic E-state index is 12.0. The number of benzene rings is 2. The van der Waals surface area contributed by atoms with Gasteiger partial charge in [-0.2, -0.15) is 5.10 Å². The van der Waals surface area contributed by atoms with Crippen LogP contribution < -0.4 is 10.2 Å². The van der Waals surface area contributed by atoms with Crippen molar-refractivity contribution in [3.63, 3.8) is 0 Å². The quantitative estimate of drug-likeness (QED) is 0.378. The van der Waals surface area contributed by atoms with E-state index in [2.05, 4.69) is 10.5 Å². The fourth-order valence-corrected chi connectivity index (χ4v) is 2.72. The summed E-state index contributed by atoms with van der Waals surface area (Å²) in [4.78, 5) is 12.0. The average molecular weight is 479 g/mol. The molecule has 0 saturated heterocycles. The van der Waals surface area contributed by atoms with Gasteiger partial charge < -0.3 is 9.84 Å². The Morgan fingerprint density at radius 3 is 2.75 bits per heavy atom. The lowest BCUT2D eigenvalue weighted by Crippen LogP contribution is -2.17. The van der Waals surface area contributed by atoms with Crippen molar-refractivity contribution in [2.45, 2.75) is 6.92 Å². The number of ether oxygens (including phenoxy) is 1. The van der Waals surface area contributed by atoms with Gasteiger partial charge in [0.05, 0.1) is 26.4 Å². The number of hydrogen-bond acceptors (Lipinski definition) is 4. The standard InChI is InChI=1S/C16H13Cl2IN2O3/c1-2-24-14-6-9(5-13(19)15(14)22)8-20-21-16(23)10-3-4-11(17)12(18)7-10/h3-8,22H,2H2,1H3,(H,21,23)/b20-8-. The van der Waals surface area contributed by atoms with E-state index in [1.807, 2.05) is 29.5 Å². The molecule has 24 heavy (non-hydrogen) atoms. The van der Waals surface area contributed by atoms with Crippen molar-refractivity contribution in [3.8, 4) is 11.5 Å². The summed E-state index contributed by atoms with van der Waals surface area (Å²) in [7, 11) is 0. The largest absolute Gasteiger partial charge is 0.504 e. The molecule has 126 valence electrons. The lowest BCUT2D eigenvalue weighted by molar-refractivity contribution is 0.0955. The Balaban J connectivity index is 2.11. The molecule has 1 amide bonds. The summed E-state index contributed by atoms with van der Waals surface area (Å²) in [5.41, 5.74) is 3.42. The molecule has 0 aliphatic carbocycles. The first-order valence-corrected chi connectivity index (χ1v) is 8.69. The van der Waals surface area contributed by atoms with Gasteiger partial charge in [0.15, 0.2) is 11.5 Å². The topological polar surface area (TPSA) is 70.9 Å². The molecule has 0 radical (unpaired) electrons. The van der Waals surface area contributed by atoms with Gasteiger partial charge in [-0.05, 0) is 65.4 Å². The van der Waals surface area contributed by atoms with E-state index in [1.165, 1.54) is 12.3 Å². The molecule has 0 bridgehead atoms. The van der Waals surface area contributed by atoms with Crippen LogP contribution in [-0.2, 0) is 0 Å². The molecule has 0 atom stereocenters. The second-order valence-electron chi connectivity index (χ2n) is 4.61. The number of carbonyl (C=O) groups is 1. The zero-order chi connectivity index (χ0) is 17.7. The van der Waals surface area contributed by atoms with Gasteiger partial charge in [-0.25, -0.2) is 5.43 Å². The van der Waals surface area contributed by atoms with E-state index in [1.54, 1.807) is 24.3 Å². The fourth-order valence-electron chi connectivity index (χ4n) is 1.80. The number of rotatable bonds is 5. The number of halogens is 3. The highest BCUT2D eigenvalue weighted by Crippen LogP contribution is 2.32. The third-order valence-corrected chi connectivity index (χ3v) is 4.47. The molecular formula is C16H13Cl2IN2O3. The molecule has 0 heterocycles. The van der Waals surface area contributed by atoms with Crippen LogP contribution in [0.4, 0.5) is 0 Å². The maximum Gasteiger partial charge on any atom is 0.271 e. The van der Waals surface area contributed by atoms with E-state index in [0.29, 0.717) is 37.1 Å². The molecule has 5 nitrogen and oxygen atoms in total. The molecule has 2 rings (SSSR count). The van der Waals surface area contributed by atoms with E-state index < -0.39 is 5.91 Å². The minimum absolute atomic E-state index is 0.0782. The van der Waals surface area contributed by atoms with E-state index in [4.69, 9.17) is 27.9 Å². The zero-order valence-corrected chi connectivity index (χ0v) is 16.2. The highest BCUT2D eigenvalue weighted by atomic mass is 127. The minimum Gasteiger partial charge on any atom is -0.504 e. The SMILES string of the molecule is CCOc1cc(/C=N\NC(=O)c2ccc(Cl)c(Cl)c2)cc(I)c1O. The van der Waals surface area contributed by atoms with Crippen LogP contribution in [0.25, 0.3) is 0 Å². The first-order chi connectivity index (χ1) is 11.4. The molecule has 2 aromatic rings. The van der Waals surface area contributed by atoms with Gasteiger partial charge in [-0.15, -0.1) is 0 Å². The smallest absolute Gasteiger partial charge is 0.271 e. The van der Waals surface area contributed by atoms with Gasteiger partial charge in [0.1, 0.15) is 0 Å². The number of hydrazone groups is 1. The van der Waals surface area contributed by atoms with Crippen LogP contribution in [-0.4, -0.2) is 23.8 Å². The summed E-state index contributed by atoms with van der Waals surface area (Å²) < 4.78 is 5.97. The van der Waals surface area contributed by atoms with Crippen molar-refractivity contribution in [2.24, 2.45) is 5.10 Å². The Hall–Kier alpha value is -1.51. The van der Waals surface area contributed by atoms with Gasteiger partial charge in [0, 0.05) is 5.56 Å². The third-order valence-electron chi connectivity index (χ3n) is 2.91. The number of phenolic OH excluding ortho intramolecular Hbond substituents is 1. The lowest BCUT2D eigenvalue weighted by atomic mass is 10.2. The molecule has 0 spiro atoms. The number of nitrogens with one attached hydrogen (secondary N) is 1. The van der Waals surface area contributed by atoms with Crippen molar-refractivity contribution in [3.05, 3.63) is 55.1 Å². The predicted octanol–water partition coefficient (Wildman–Crippen LogP) is 4.47. The molecule has 0 unspecified atom stereocenters. The van der Waals surface area contributed by atoms with Gasteiger partial charge in [0.2, 0.25) is 0 Å². The average Bonchev–Trinajstić information content (AvgIpc) is 2.54. The van der Waals surface area contributed by atoms with Crippen LogP contribution in [0.1, 0.15) is 22.8 Å². The monoisotopic (exact) mass is 478 g/mol. The Kier molecular flexibility index (Phi) is 6.70. The third kappa shape index (κ3) is 4.75. The molecule has 0 fully saturated rings. The summed E-state index contributed by atoms with van der Waals surface area (Å²) >= 11 is 13.7. The number of aromatic hydroxyl groups is 1. The van der Waals surface area contributed by atoms with E-state index in [0.717, 1.165) is 0 Å². The first kappa shape index (κ1) is 18.8. The maximum atomic E-state index is 12.0. The minimum atomic E-state index is -0.414. The Labute approximate surface area is 162 Å². The van der Waals surface area contributed by atoms with Gasteiger partial charge in [-0.1, -0.05) is 23.2 Å². The molecule has 2 N–H and O–H groups in total. The molecule has 0 aliphatic heterocycles. The Morgan fingerprint density at radius 2 is 2.08 bits per heavy atom. The van der Waals surface area contributed by atoms with Crippen LogP contribution in [0.3, 0.4) is 0 Å². The summed E-state index contributed by atoms with van der Waals surface area (Å²) in [5, 5.41) is 14.5. The summed E-state index contributed by atoms with van der Waals surface area (Å²) in [6.45, 7) is 2.25. The number of amides is 1. The van der Waals surface area contributed by atoms with Crippen molar-refractivity contribution in [1.82, 2.24) is 5.43 Å². The molecule has 8 heteroatoms. The van der Waals surface area contributed by atoms with Crippen molar-refractivity contribution in [1.29, 1.82) is 0 Å². The van der Waals surface area contributed by atoms with Crippen LogP contribution >= 0.6 is 45.8 Å². The summed E-state index contributed by atoms with van der Waals surface area (Å²) in [6.07, 6.45) is 1.46. The molecule has 2 aromatic carbocycles. The van der Waals surface area contributed by atoms with Crippen molar-refractivity contribution < 1.29 is 14.6 Å². The number of nitrogens with zero attached hydrogens (tertiary/aromatic N) is 1. The van der Waals surface area contributed by atoms with Crippen LogP contribution in [0.5, 0.6) is 11.5 Å². The van der Waals surface area contributed by atoms with E-state index in [-0.39, 0.29) is 5.75 Å². The highest BCUT2D eigenvalue weighted by molar-refractivity contribution is 14.1. The zero-order valence-electron chi connectivity index (χ0n) is 12.5. The summed E-state index contributed by atoms with van der Waals surface area (Å²) in [5.74, 6) is 0.0272. The van der Waals surface area contributed by atoms with Crippen LogP contribution in [0.2, 0.25) is 10.0 Å². The lowest BCUT2D eigenvalue weighted by Gasteiger charge is -2.08. The summed E-state index contributed by atoms with van der Waals surface area (Å²) in [6, 6.07) is 7.91. The van der Waals surface area contributed by atoms with Gasteiger partial charge in [0.25, 0.3) is 5.91 Å². The van der Waals surface area contributed by atoms with Gasteiger partial charge >= 0.3 is 0 Å². The number of carbonyl (C=O) groups excluding carboxylic acids is 1. The molecular weight excluding hydrogens is 466 g/mol. The first-order valence-electron chi connectivity index (χ1n) is 6.86. The van der Waals surface area contributed by atoms with E-state index >= 15 is 0 Å². The Morgan fingerprint density at radius 1 is 1.33 bits per heavy atom. The normalized spacial score (nSPS) is 10.8. The number of hydrogen-bond donors (Lipinski definition) is 2. The number of phenols is 1. The van der Waals surface area contributed by atoms with Gasteiger partial charge in [-0.3, -0.25) is 4.79 Å². The van der Waals surface area contributed by atoms with E-state index in [9.17, 15) is 9.90 Å². The van der Waals surface area contributed by atoms with Crippen molar-refractivity contribution in [2.75, 3.05) is 6.61 Å². The predicted molar refractivity (Wildman–Crippen MR) is 104 cm³/mol. The van der Waals surface area contributed by atoms with Crippen LogP contribution in [0.15, 0.2) is 35.4 Å².